The zero-order valence-corrected chi connectivity index (χ0v) is 26.1. The summed E-state index contributed by atoms with van der Waals surface area (Å²) in [7, 11) is 0. The van der Waals surface area contributed by atoms with Crippen LogP contribution in [-0.4, -0.2) is 52.6 Å². The van der Waals surface area contributed by atoms with Crippen molar-refractivity contribution in [3.05, 3.63) is 96.7 Å². The van der Waals surface area contributed by atoms with Crippen LogP contribution in [-0.2, 0) is 11.2 Å². The van der Waals surface area contributed by atoms with Gasteiger partial charge in [0, 0.05) is 43.8 Å². The van der Waals surface area contributed by atoms with Crippen LogP contribution < -0.4 is 14.8 Å². The van der Waals surface area contributed by atoms with Crippen molar-refractivity contribution >= 4 is 5.91 Å². The molecule has 0 bridgehead atoms. The smallest absolute Gasteiger partial charge is 0.217 e. The molecular weight excluding hydrogens is 536 g/mol. The van der Waals surface area contributed by atoms with Crippen molar-refractivity contribution in [2.45, 2.75) is 65.8 Å². The largest absolute Gasteiger partial charge is 0.494 e. The first-order chi connectivity index (χ1) is 21.0. The highest BCUT2D eigenvalue weighted by atomic mass is 16.5. The Balaban J connectivity index is 1.42. The molecule has 1 aliphatic rings. The summed E-state index contributed by atoms with van der Waals surface area (Å²) in [4.78, 5) is 18.8. The van der Waals surface area contributed by atoms with Crippen LogP contribution in [0.25, 0.3) is 16.9 Å². The molecule has 7 nitrogen and oxygen atoms in total. The van der Waals surface area contributed by atoms with Gasteiger partial charge in [-0.2, -0.15) is 0 Å². The molecule has 2 aromatic carbocycles. The summed E-state index contributed by atoms with van der Waals surface area (Å²) < 4.78 is 14.4. The van der Waals surface area contributed by atoms with E-state index in [-0.39, 0.29) is 11.9 Å². The van der Waals surface area contributed by atoms with Crippen LogP contribution in [0.4, 0.5) is 0 Å². The van der Waals surface area contributed by atoms with Gasteiger partial charge in [0.15, 0.2) is 0 Å². The normalized spacial score (nSPS) is 16.7. The lowest BCUT2D eigenvalue weighted by molar-refractivity contribution is -0.119. The molecule has 1 aromatic heterocycles. The van der Waals surface area contributed by atoms with Gasteiger partial charge in [0.2, 0.25) is 5.91 Å². The van der Waals surface area contributed by atoms with E-state index in [1.807, 2.05) is 54.6 Å². The van der Waals surface area contributed by atoms with Crippen molar-refractivity contribution in [1.82, 2.24) is 19.8 Å². The summed E-state index contributed by atoms with van der Waals surface area (Å²) >= 11 is 0. The predicted molar refractivity (Wildman–Crippen MR) is 175 cm³/mol. The van der Waals surface area contributed by atoms with Gasteiger partial charge in [-0.05, 0) is 80.5 Å². The molecule has 43 heavy (non-hydrogen) atoms. The number of carbonyl (C=O) groups excluding carboxylic acids is 1. The summed E-state index contributed by atoms with van der Waals surface area (Å²) in [5.41, 5.74) is 3.08. The summed E-state index contributed by atoms with van der Waals surface area (Å²) in [6, 6.07) is 16.3. The summed E-state index contributed by atoms with van der Waals surface area (Å²) in [5.74, 6) is 3.50. The van der Waals surface area contributed by atoms with Crippen LogP contribution in [0, 0.1) is 0 Å². The molecule has 3 aromatic rings. The highest BCUT2D eigenvalue weighted by Gasteiger charge is 2.12. The number of rotatable bonds is 15. The molecule has 0 spiro atoms. The van der Waals surface area contributed by atoms with Gasteiger partial charge in [-0.1, -0.05) is 51.5 Å². The summed E-state index contributed by atoms with van der Waals surface area (Å²) in [5, 5.41) is 2.89. The van der Waals surface area contributed by atoms with Crippen molar-refractivity contribution in [2.75, 3.05) is 26.2 Å². The summed E-state index contributed by atoms with van der Waals surface area (Å²) in [6.07, 6.45) is 16.7. The fourth-order valence-electron chi connectivity index (χ4n) is 5.01. The van der Waals surface area contributed by atoms with Gasteiger partial charge >= 0.3 is 0 Å². The Kier molecular flexibility index (Phi) is 12.2. The highest BCUT2D eigenvalue weighted by Crippen LogP contribution is 2.26. The van der Waals surface area contributed by atoms with Gasteiger partial charge in [0.05, 0.1) is 18.3 Å². The van der Waals surface area contributed by atoms with Crippen molar-refractivity contribution < 1.29 is 14.3 Å². The molecule has 1 atom stereocenters. The van der Waals surface area contributed by atoms with Crippen molar-refractivity contribution in [2.24, 2.45) is 0 Å². The maximum Gasteiger partial charge on any atom is 0.217 e. The van der Waals surface area contributed by atoms with Gasteiger partial charge < -0.3 is 24.3 Å². The minimum Gasteiger partial charge on any atom is -0.494 e. The Morgan fingerprint density at radius 2 is 1.74 bits per heavy atom. The number of imidazole rings is 1. The molecule has 0 saturated heterocycles. The molecule has 1 unspecified atom stereocenters. The first kappa shape index (κ1) is 31.8. The first-order valence-electron chi connectivity index (χ1n) is 15.6. The number of hydrogen-bond donors (Lipinski definition) is 1. The van der Waals surface area contributed by atoms with E-state index < -0.39 is 0 Å². The third-order valence-electron chi connectivity index (χ3n) is 7.46. The fraction of sp³-hybridized carbons (Fsp3) is 0.389. The zero-order chi connectivity index (χ0) is 30.4. The van der Waals surface area contributed by atoms with Crippen LogP contribution in [0.15, 0.2) is 90.9 Å². The van der Waals surface area contributed by atoms with E-state index in [4.69, 9.17) is 14.5 Å². The van der Waals surface area contributed by atoms with E-state index in [0.29, 0.717) is 6.42 Å². The molecule has 1 heterocycles. The molecule has 1 aliphatic carbocycles. The van der Waals surface area contributed by atoms with Gasteiger partial charge in [-0.25, -0.2) is 4.98 Å². The first-order valence-corrected chi connectivity index (χ1v) is 15.6. The second kappa shape index (κ2) is 16.5. The third kappa shape index (κ3) is 9.72. The van der Waals surface area contributed by atoms with Crippen LogP contribution in [0.1, 0.15) is 59.2 Å². The Morgan fingerprint density at radius 1 is 1.00 bits per heavy atom. The van der Waals surface area contributed by atoms with Crippen LogP contribution in [0.3, 0.4) is 0 Å². The van der Waals surface area contributed by atoms with E-state index in [0.717, 1.165) is 92.0 Å². The number of benzene rings is 2. The van der Waals surface area contributed by atoms with Crippen molar-refractivity contribution in [3.8, 4) is 28.4 Å². The number of nitrogens with zero attached hydrogens (tertiary/aromatic N) is 3. The van der Waals surface area contributed by atoms with Crippen molar-refractivity contribution in [1.29, 1.82) is 0 Å². The van der Waals surface area contributed by atoms with E-state index in [9.17, 15) is 4.79 Å². The second-order valence-corrected chi connectivity index (χ2v) is 10.7. The molecule has 1 amide bonds. The molecule has 228 valence electrons. The Bertz CT molecular complexity index is 1380. The van der Waals surface area contributed by atoms with Gasteiger partial charge in [-0.3, -0.25) is 4.79 Å². The maximum atomic E-state index is 11.3. The predicted octanol–water partition coefficient (Wildman–Crippen LogP) is 7.28. The van der Waals surface area contributed by atoms with Crippen LogP contribution >= 0.6 is 0 Å². The van der Waals surface area contributed by atoms with E-state index in [2.05, 4.69) is 66.0 Å². The maximum absolute atomic E-state index is 11.3. The second-order valence-electron chi connectivity index (χ2n) is 10.7. The molecule has 0 fully saturated rings. The number of nitrogens with one attached hydrogen (secondary N) is 1. The van der Waals surface area contributed by atoms with Crippen LogP contribution in [0.2, 0.25) is 0 Å². The van der Waals surface area contributed by atoms with Gasteiger partial charge in [0.25, 0.3) is 0 Å². The van der Waals surface area contributed by atoms with Gasteiger partial charge in [0.1, 0.15) is 23.1 Å². The number of amides is 1. The fourth-order valence-corrected chi connectivity index (χ4v) is 5.01. The Morgan fingerprint density at radius 3 is 2.44 bits per heavy atom. The number of aryl methyl sites for hydroxylation is 1. The van der Waals surface area contributed by atoms with Crippen LogP contribution in [0.5, 0.6) is 11.5 Å². The SMILES string of the molecule is CCCCc1nc(-c2ccc(OCCCN(CC)CC)cc2)cn1-c1ccc(O/C2=C/C=CC(NC(C)=O)/C=C\C2)cc1. The lowest BCUT2D eigenvalue weighted by Crippen LogP contribution is -2.29. The van der Waals surface area contributed by atoms with E-state index in [1.54, 1.807) is 0 Å². The molecular formula is C36H46N4O3. The zero-order valence-electron chi connectivity index (χ0n) is 26.1. The number of allylic oxidation sites excluding steroid dienone is 3. The van der Waals surface area contributed by atoms with E-state index >= 15 is 0 Å². The lowest BCUT2D eigenvalue weighted by Gasteiger charge is -2.17. The average molecular weight is 583 g/mol. The molecule has 0 aliphatic heterocycles. The van der Waals surface area contributed by atoms with Gasteiger partial charge in [-0.15, -0.1) is 0 Å². The number of ether oxygens (including phenoxy) is 2. The Hall–Kier alpha value is -4.10. The summed E-state index contributed by atoms with van der Waals surface area (Å²) in [6.45, 7) is 12.1. The van der Waals surface area contributed by atoms with Crippen molar-refractivity contribution in [3.63, 3.8) is 0 Å². The minimum atomic E-state index is -0.101. The Labute approximate surface area is 256 Å². The number of aromatic nitrogens is 2. The molecule has 4 rings (SSSR count). The molecule has 0 radical (unpaired) electrons. The van der Waals surface area contributed by atoms with E-state index in [1.165, 1.54) is 6.92 Å². The molecule has 7 heteroatoms. The standard InChI is InChI=1S/C36H46N4O3/c1-5-8-16-36-38-35(29-17-21-32(22-18-29)42-26-11-25-39(6-2)7-3)27-40(36)31-19-23-34(24-20-31)43-33-14-9-12-30(13-10-15-33)37-28(4)41/h9-10,12-14,17-24,27,30H,5-8,11,15-16,25-26H2,1-4H3,(H,37,41)/b12-9?,13-10-,33-14+. The number of carbonyl (C=O) groups is 1. The minimum absolute atomic E-state index is 0.0527. The monoisotopic (exact) mass is 582 g/mol. The molecule has 0 saturated carbocycles. The highest BCUT2D eigenvalue weighted by molar-refractivity contribution is 5.73. The quantitative estimate of drug-likeness (QED) is 0.151. The third-order valence-corrected chi connectivity index (χ3v) is 7.46. The number of hydrogen-bond acceptors (Lipinski definition) is 5. The topological polar surface area (TPSA) is 68.6 Å². The molecule has 1 N–H and O–H groups in total. The lowest BCUT2D eigenvalue weighted by atomic mass is 10.1. The average Bonchev–Trinajstić information content (AvgIpc) is 3.43. The number of unbranched alkanes of at least 4 members (excludes halogenated alkanes) is 1.